The van der Waals surface area contributed by atoms with E-state index in [-0.39, 0.29) is 5.52 Å². The molecule has 2 aromatic heterocycles. The second kappa shape index (κ2) is 7.02. The molecule has 8 nitrogen and oxygen atoms in total. The number of carbonyl (C=O) groups excluding carboxylic acids is 1. The van der Waals surface area contributed by atoms with Gasteiger partial charge in [-0.05, 0) is 24.1 Å². The number of aromatic nitrogens is 5. The Morgan fingerprint density at radius 2 is 2.04 bits per heavy atom. The van der Waals surface area contributed by atoms with Crippen molar-refractivity contribution in [2.24, 2.45) is 0 Å². The molecule has 1 unspecified atom stereocenters. The molecular weight excluding hydrogens is 346 g/mol. The summed E-state index contributed by atoms with van der Waals surface area (Å²) in [5.74, 6) is -0.501. The number of carbonyl (C=O) groups is 1. The zero-order valence-electron chi connectivity index (χ0n) is 13.7. The van der Waals surface area contributed by atoms with Gasteiger partial charge in [0.2, 0.25) is 0 Å². The largest absolute Gasteiger partial charge is 0.467 e. The number of halogens is 1. The van der Waals surface area contributed by atoms with Gasteiger partial charge in [0.15, 0.2) is 11.2 Å². The third kappa shape index (κ3) is 3.25. The number of fused-ring (bicyclic) bond motifs is 1. The number of hydrogen-bond acceptors (Lipinski definition) is 6. The fourth-order valence-corrected chi connectivity index (χ4v) is 2.70. The van der Waals surface area contributed by atoms with Gasteiger partial charge in [0.05, 0.1) is 13.7 Å². The molecule has 130 valence electrons. The second-order valence-corrected chi connectivity index (χ2v) is 5.89. The van der Waals surface area contributed by atoms with Crippen molar-refractivity contribution in [2.75, 3.05) is 7.11 Å². The fourth-order valence-electron chi connectivity index (χ4n) is 2.57. The van der Waals surface area contributed by atoms with Gasteiger partial charge in [-0.1, -0.05) is 35.9 Å². The number of benzene rings is 1. The van der Waals surface area contributed by atoms with E-state index < -0.39 is 17.6 Å². The Bertz CT molecular complexity index is 964. The summed E-state index contributed by atoms with van der Waals surface area (Å²) in [5.41, 5.74) is 0.988. The maximum Gasteiger partial charge on any atom is 0.329 e. The highest BCUT2D eigenvalue weighted by atomic mass is 35.5. The summed E-state index contributed by atoms with van der Waals surface area (Å²) in [6, 6.07) is 6.54. The van der Waals surface area contributed by atoms with Crippen LogP contribution in [-0.2, 0) is 16.1 Å². The van der Waals surface area contributed by atoms with Crippen LogP contribution in [0.25, 0.3) is 11.2 Å². The molecule has 3 aromatic rings. The summed E-state index contributed by atoms with van der Waals surface area (Å²) in [5, 5.41) is 8.58. The van der Waals surface area contributed by atoms with Crippen LogP contribution in [0.15, 0.2) is 35.4 Å². The van der Waals surface area contributed by atoms with E-state index in [4.69, 9.17) is 16.3 Å². The molecule has 0 fully saturated rings. The Hall–Kier alpha value is -2.74. The quantitative estimate of drug-likeness (QED) is 0.643. The summed E-state index contributed by atoms with van der Waals surface area (Å²) < 4.78 is 7.50. The lowest BCUT2D eigenvalue weighted by molar-refractivity contribution is -0.144. The summed E-state index contributed by atoms with van der Waals surface area (Å²) in [4.78, 5) is 28.8. The number of methoxy groups -OCH3 is 1. The molecule has 0 bridgehead atoms. The molecule has 1 aromatic carbocycles. The summed E-state index contributed by atoms with van der Waals surface area (Å²) in [7, 11) is 1.28. The van der Waals surface area contributed by atoms with Crippen molar-refractivity contribution in [1.82, 2.24) is 24.5 Å². The van der Waals surface area contributed by atoms with E-state index in [2.05, 4.69) is 15.3 Å². The van der Waals surface area contributed by atoms with Gasteiger partial charge < -0.3 is 4.74 Å². The van der Waals surface area contributed by atoms with Crippen LogP contribution in [0.5, 0.6) is 0 Å². The van der Waals surface area contributed by atoms with Gasteiger partial charge in [0.1, 0.15) is 12.4 Å². The number of ether oxygens (including phenoxy) is 1. The van der Waals surface area contributed by atoms with E-state index in [0.717, 1.165) is 5.56 Å². The Labute approximate surface area is 148 Å². The SMILES string of the molecule is CCC(C(=O)OC)n1cnc2c(nnn2Cc2ccc(Cl)cc2)c1=O. The first kappa shape index (κ1) is 17.1. The van der Waals surface area contributed by atoms with Gasteiger partial charge in [-0.25, -0.2) is 14.5 Å². The van der Waals surface area contributed by atoms with Crippen LogP contribution in [0.4, 0.5) is 0 Å². The molecular formula is C16H16ClN5O3. The van der Waals surface area contributed by atoms with Crippen molar-refractivity contribution >= 4 is 28.7 Å². The molecule has 0 aliphatic carbocycles. The molecule has 25 heavy (non-hydrogen) atoms. The molecule has 0 radical (unpaired) electrons. The molecule has 0 saturated carbocycles. The molecule has 0 amide bonds. The zero-order valence-corrected chi connectivity index (χ0v) is 14.5. The predicted molar refractivity (Wildman–Crippen MR) is 91.5 cm³/mol. The minimum absolute atomic E-state index is 0.110. The Balaban J connectivity index is 2.00. The van der Waals surface area contributed by atoms with Crippen molar-refractivity contribution in [1.29, 1.82) is 0 Å². The maximum atomic E-state index is 12.6. The van der Waals surface area contributed by atoms with E-state index in [1.807, 2.05) is 12.1 Å². The highest BCUT2D eigenvalue weighted by Crippen LogP contribution is 2.14. The first-order valence-electron chi connectivity index (χ1n) is 7.67. The predicted octanol–water partition coefficient (Wildman–Crippen LogP) is 1.81. The van der Waals surface area contributed by atoms with Gasteiger partial charge in [-0.15, -0.1) is 5.10 Å². The van der Waals surface area contributed by atoms with E-state index in [0.29, 0.717) is 23.6 Å². The van der Waals surface area contributed by atoms with Crippen molar-refractivity contribution in [2.45, 2.75) is 25.9 Å². The van der Waals surface area contributed by atoms with Gasteiger partial charge in [0, 0.05) is 5.02 Å². The van der Waals surface area contributed by atoms with Crippen LogP contribution >= 0.6 is 11.6 Å². The van der Waals surface area contributed by atoms with E-state index in [9.17, 15) is 9.59 Å². The summed E-state index contributed by atoms with van der Waals surface area (Å²) in [6.07, 6.45) is 1.73. The number of esters is 1. The van der Waals surface area contributed by atoms with Crippen molar-refractivity contribution in [3.63, 3.8) is 0 Å². The van der Waals surface area contributed by atoms with Crippen molar-refractivity contribution in [3.8, 4) is 0 Å². The molecule has 0 spiro atoms. The van der Waals surface area contributed by atoms with Gasteiger partial charge in [-0.3, -0.25) is 9.36 Å². The molecule has 9 heteroatoms. The molecule has 0 aliphatic heterocycles. The number of nitrogens with zero attached hydrogens (tertiary/aromatic N) is 5. The van der Waals surface area contributed by atoms with Crippen LogP contribution in [0.3, 0.4) is 0 Å². The highest BCUT2D eigenvalue weighted by molar-refractivity contribution is 6.30. The van der Waals surface area contributed by atoms with Crippen LogP contribution in [0.1, 0.15) is 24.9 Å². The van der Waals surface area contributed by atoms with Crippen molar-refractivity contribution < 1.29 is 9.53 Å². The first-order valence-corrected chi connectivity index (χ1v) is 8.05. The number of rotatable bonds is 5. The highest BCUT2D eigenvalue weighted by Gasteiger charge is 2.23. The van der Waals surface area contributed by atoms with Crippen LogP contribution in [0.2, 0.25) is 5.02 Å². The summed E-state index contributed by atoms with van der Waals surface area (Å²) in [6.45, 7) is 2.19. The third-order valence-electron chi connectivity index (χ3n) is 3.89. The molecule has 2 heterocycles. The molecule has 0 N–H and O–H groups in total. The van der Waals surface area contributed by atoms with Crippen LogP contribution in [0, 0.1) is 0 Å². The molecule has 3 rings (SSSR count). The zero-order chi connectivity index (χ0) is 18.0. The fraction of sp³-hybridized carbons (Fsp3) is 0.312. The minimum Gasteiger partial charge on any atom is -0.467 e. The topological polar surface area (TPSA) is 91.9 Å². The molecule has 1 atom stereocenters. The Morgan fingerprint density at radius 3 is 2.68 bits per heavy atom. The van der Waals surface area contributed by atoms with Crippen molar-refractivity contribution in [3.05, 3.63) is 51.5 Å². The monoisotopic (exact) mass is 361 g/mol. The molecule has 0 saturated heterocycles. The lowest BCUT2D eigenvalue weighted by atomic mass is 10.2. The summed E-state index contributed by atoms with van der Waals surface area (Å²) >= 11 is 5.88. The van der Waals surface area contributed by atoms with E-state index in [1.165, 1.54) is 22.7 Å². The van der Waals surface area contributed by atoms with Gasteiger partial charge >= 0.3 is 5.97 Å². The smallest absolute Gasteiger partial charge is 0.329 e. The van der Waals surface area contributed by atoms with Crippen LogP contribution < -0.4 is 5.56 Å². The lowest BCUT2D eigenvalue weighted by Gasteiger charge is -2.14. The second-order valence-electron chi connectivity index (χ2n) is 5.45. The van der Waals surface area contributed by atoms with Crippen LogP contribution in [-0.4, -0.2) is 37.6 Å². The van der Waals surface area contributed by atoms with E-state index >= 15 is 0 Å². The normalized spacial score (nSPS) is 12.3. The first-order chi connectivity index (χ1) is 12.0. The Morgan fingerprint density at radius 1 is 1.32 bits per heavy atom. The van der Waals surface area contributed by atoms with Gasteiger partial charge in [0.25, 0.3) is 5.56 Å². The van der Waals surface area contributed by atoms with Gasteiger partial charge in [-0.2, -0.15) is 0 Å². The molecule has 0 aliphatic rings. The lowest BCUT2D eigenvalue weighted by Crippen LogP contribution is -2.30. The van der Waals surface area contributed by atoms with E-state index in [1.54, 1.807) is 19.1 Å². The maximum absolute atomic E-state index is 12.6. The standard InChI is InChI=1S/C16H16ClN5O3/c1-3-12(16(24)25-2)21-9-18-14-13(15(21)23)19-20-22(14)8-10-4-6-11(17)7-5-10/h4-7,9,12H,3,8H2,1-2H3. The average molecular weight is 362 g/mol. The number of hydrogen-bond donors (Lipinski definition) is 0. The average Bonchev–Trinajstić information content (AvgIpc) is 3.03. The third-order valence-corrected chi connectivity index (χ3v) is 4.14. The Kier molecular flexibility index (Phi) is 4.80. The minimum atomic E-state index is -0.740.